The second-order valence-corrected chi connectivity index (χ2v) is 10.9. The molecule has 1 atom stereocenters. The van der Waals surface area contributed by atoms with Gasteiger partial charge in [-0.2, -0.15) is 0 Å². The molecule has 0 fully saturated rings. The fraction of sp³-hybridized carbons (Fsp3) is 0.214. The predicted octanol–water partition coefficient (Wildman–Crippen LogP) is 4.36. The van der Waals surface area contributed by atoms with Crippen LogP contribution in [0.15, 0.2) is 70.8 Å². The Balaban J connectivity index is 1.51. The number of esters is 1. The largest absolute Gasteiger partial charge is 0.458 e. The predicted molar refractivity (Wildman–Crippen MR) is 140 cm³/mol. The Morgan fingerprint density at radius 3 is 2.61 bits per heavy atom. The van der Waals surface area contributed by atoms with Crippen LogP contribution in [0.5, 0.6) is 0 Å². The van der Waals surface area contributed by atoms with Gasteiger partial charge in [-0.25, -0.2) is 4.79 Å². The molecular formula is C28H23N3O4S. The van der Waals surface area contributed by atoms with Crippen LogP contribution >= 0.6 is 11.3 Å². The first-order valence-corrected chi connectivity index (χ1v) is 12.6. The molecule has 1 aromatic heterocycles. The van der Waals surface area contributed by atoms with Crippen LogP contribution in [0.2, 0.25) is 0 Å². The molecule has 3 aromatic rings. The van der Waals surface area contributed by atoms with Gasteiger partial charge in [0.2, 0.25) is 0 Å². The molecule has 0 spiro atoms. The highest BCUT2D eigenvalue weighted by atomic mass is 32.1. The molecule has 7 nitrogen and oxygen atoms in total. The van der Waals surface area contributed by atoms with Crippen LogP contribution in [-0.2, 0) is 25.5 Å². The maximum Gasteiger partial charge on any atom is 0.329 e. The molecule has 1 N–H and O–H groups in total. The molecule has 0 radical (unpaired) electrons. The molecule has 1 unspecified atom stereocenters. The summed E-state index contributed by atoms with van der Waals surface area (Å²) in [5.74, 6) is -1.25. The van der Waals surface area contributed by atoms with E-state index in [2.05, 4.69) is 10.3 Å². The van der Waals surface area contributed by atoms with E-state index in [9.17, 15) is 14.4 Å². The summed E-state index contributed by atoms with van der Waals surface area (Å²) in [4.78, 5) is 45.9. The van der Waals surface area contributed by atoms with Gasteiger partial charge in [-0.3, -0.25) is 19.9 Å². The number of nitrogens with zero attached hydrogens (tertiary/aromatic N) is 2. The molecule has 4 heterocycles. The quantitative estimate of drug-likeness (QED) is 0.429. The molecular weight excluding hydrogens is 474 g/mol. The number of hydrogen-bond donors (Lipinski definition) is 1. The lowest BCUT2D eigenvalue weighted by atomic mass is 9.91. The van der Waals surface area contributed by atoms with Crippen molar-refractivity contribution in [3.63, 3.8) is 0 Å². The zero-order valence-corrected chi connectivity index (χ0v) is 20.8. The highest BCUT2D eigenvalue weighted by Gasteiger charge is 2.42. The Labute approximate surface area is 211 Å². The minimum atomic E-state index is -0.614. The number of imide groups is 1. The summed E-state index contributed by atoms with van der Waals surface area (Å²) < 4.78 is 6.72. The maximum absolute atomic E-state index is 13.2. The number of fused-ring (bicyclic) bond motifs is 1. The van der Waals surface area contributed by atoms with Gasteiger partial charge in [0.15, 0.2) is 0 Å². The molecule has 6 rings (SSSR count). The van der Waals surface area contributed by atoms with E-state index in [0.717, 1.165) is 21.3 Å². The standard InChI is InChI=1S/C28H23N3O4S/c1-28(2,3)35-27(34)19-14-15-6-4-8-18-23(29-11-12-31(19)24(15)18)22-21(25(32)30-26(22)33)17-7-5-9-20-16(17)10-13-36-20/h4-13,19H,14H2,1-3H3,(H,30,32,33). The zero-order chi connectivity index (χ0) is 25.2. The van der Waals surface area contributed by atoms with Crippen LogP contribution in [0.4, 0.5) is 5.69 Å². The van der Waals surface area contributed by atoms with E-state index in [1.807, 2.05) is 73.5 Å². The van der Waals surface area contributed by atoms with E-state index in [1.54, 1.807) is 23.7 Å². The summed E-state index contributed by atoms with van der Waals surface area (Å²) in [5, 5.41) is 5.35. The summed E-state index contributed by atoms with van der Waals surface area (Å²) >= 11 is 1.58. The topological polar surface area (TPSA) is 88.1 Å². The van der Waals surface area contributed by atoms with Gasteiger partial charge in [-0.15, -0.1) is 11.3 Å². The maximum atomic E-state index is 13.2. The van der Waals surface area contributed by atoms with Gasteiger partial charge < -0.3 is 9.64 Å². The molecule has 3 aliphatic heterocycles. The van der Waals surface area contributed by atoms with Crippen LogP contribution < -0.4 is 10.2 Å². The Hall–Kier alpha value is -4.04. The molecule has 3 aliphatic rings. The summed E-state index contributed by atoms with van der Waals surface area (Å²) in [6, 6.07) is 12.9. The fourth-order valence-corrected chi connectivity index (χ4v) is 5.87. The number of aliphatic imine (C=N–C) groups is 1. The molecule has 2 aromatic carbocycles. The molecule has 0 aliphatic carbocycles. The van der Waals surface area contributed by atoms with Crippen LogP contribution in [0.1, 0.15) is 37.5 Å². The Bertz CT molecular complexity index is 1570. The van der Waals surface area contributed by atoms with Crippen LogP contribution in [0.25, 0.3) is 15.7 Å². The van der Waals surface area contributed by atoms with E-state index >= 15 is 0 Å². The number of anilines is 1. The molecule has 0 saturated heterocycles. The number of nitrogens with one attached hydrogen (secondary N) is 1. The SMILES string of the molecule is CC(C)(C)OC(=O)C1Cc2cccc3c2N1C=CN=C3C1=C(c2cccc3sccc23)C(=O)NC1=O. The lowest BCUT2D eigenvalue weighted by Gasteiger charge is -2.27. The Kier molecular flexibility index (Phi) is 4.98. The summed E-state index contributed by atoms with van der Waals surface area (Å²) in [6.45, 7) is 5.53. The number of amides is 2. The van der Waals surface area contributed by atoms with Crippen molar-refractivity contribution in [3.05, 3.63) is 82.5 Å². The lowest BCUT2D eigenvalue weighted by Crippen LogP contribution is -2.40. The highest BCUT2D eigenvalue weighted by Crippen LogP contribution is 2.41. The zero-order valence-electron chi connectivity index (χ0n) is 20.0. The van der Waals surface area contributed by atoms with E-state index in [0.29, 0.717) is 28.8 Å². The van der Waals surface area contributed by atoms with Crippen molar-refractivity contribution in [1.82, 2.24) is 5.32 Å². The number of rotatable bonds is 3. The number of benzene rings is 2. The van der Waals surface area contributed by atoms with Crippen molar-refractivity contribution >= 4 is 56.2 Å². The smallest absolute Gasteiger partial charge is 0.329 e. The van der Waals surface area contributed by atoms with Crippen LogP contribution in [0, 0.1) is 0 Å². The normalized spacial score (nSPS) is 18.9. The first-order chi connectivity index (χ1) is 17.2. The van der Waals surface area contributed by atoms with Gasteiger partial charge in [0.25, 0.3) is 11.8 Å². The van der Waals surface area contributed by atoms with Gasteiger partial charge >= 0.3 is 5.97 Å². The summed E-state index contributed by atoms with van der Waals surface area (Å²) in [6.07, 6.45) is 3.79. The Morgan fingerprint density at radius 1 is 1.06 bits per heavy atom. The van der Waals surface area contributed by atoms with Gasteiger partial charge in [0.1, 0.15) is 11.6 Å². The van der Waals surface area contributed by atoms with E-state index in [-0.39, 0.29) is 11.5 Å². The molecule has 36 heavy (non-hydrogen) atoms. The lowest BCUT2D eigenvalue weighted by molar-refractivity contribution is -0.156. The Morgan fingerprint density at radius 2 is 1.81 bits per heavy atom. The number of carbonyl (C=O) groups is 3. The minimum Gasteiger partial charge on any atom is -0.458 e. The van der Waals surface area contributed by atoms with Crippen molar-refractivity contribution in [2.45, 2.75) is 38.8 Å². The van der Waals surface area contributed by atoms with Crippen LogP contribution in [-0.4, -0.2) is 35.1 Å². The molecule has 2 amide bonds. The van der Waals surface area contributed by atoms with Crippen molar-refractivity contribution in [1.29, 1.82) is 0 Å². The average molecular weight is 498 g/mol. The van der Waals surface area contributed by atoms with E-state index in [1.165, 1.54) is 0 Å². The number of para-hydroxylation sites is 1. The van der Waals surface area contributed by atoms with Gasteiger partial charge in [-0.05, 0) is 49.4 Å². The van der Waals surface area contributed by atoms with Crippen molar-refractivity contribution in [2.24, 2.45) is 4.99 Å². The monoisotopic (exact) mass is 497 g/mol. The van der Waals surface area contributed by atoms with Crippen molar-refractivity contribution in [2.75, 3.05) is 4.90 Å². The second kappa shape index (κ2) is 7.99. The van der Waals surface area contributed by atoms with Gasteiger partial charge in [0, 0.05) is 34.5 Å². The average Bonchev–Trinajstić information content (AvgIpc) is 3.47. The molecule has 0 bridgehead atoms. The first kappa shape index (κ1) is 22.4. The molecule has 0 saturated carbocycles. The first-order valence-electron chi connectivity index (χ1n) is 11.7. The highest BCUT2D eigenvalue weighted by molar-refractivity contribution is 7.17. The summed E-state index contributed by atoms with van der Waals surface area (Å²) in [5.41, 5.74) is 3.47. The summed E-state index contributed by atoms with van der Waals surface area (Å²) in [7, 11) is 0. The number of thiophene rings is 1. The van der Waals surface area contributed by atoms with E-state index in [4.69, 9.17) is 4.74 Å². The second-order valence-electron chi connectivity index (χ2n) is 9.92. The number of hydrogen-bond acceptors (Lipinski definition) is 7. The number of ether oxygens (including phenoxy) is 1. The molecule has 180 valence electrons. The van der Waals surface area contributed by atoms with E-state index < -0.39 is 23.5 Å². The fourth-order valence-electron chi connectivity index (χ4n) is 5.06. The van der Waals surface area contributed by atoms with Gasteiger partial charge in [0.05, 0.1) is 22.5 Å². The third-order valence-electron chi connectivity index (χ3n) is 6.42. The van der Waals surface area contributed by atoms with Crippen molar-refractivity contribution in [3.8, 4) is 0 Å². The third-order valence-corrected chi connectivity index (χ3v) is 7.31. The molecule has 8 heteroatoms. The minimum absolute atomic E-state index is 0.235. The van der Waals surface area contributed by atoms with Crippen LogP contribution in [0.3, 0.4) is 0 Å². The third kappa shape index (κ3) is 3.48. The van der Waals surface area contributed by atoms with Gasteiger partial charge in [-0.1, -0.05) is 30.3 Å². The van der Waals surface area contributed by atoms with Crippen molar-refractivity contribution < 1.29 is 19.1 Å². The number of carbonyl (C=O) groups excluding carboxylic acids is 3.